The van der Waals surface area contributed by atoms with E-state index in [0.717, 1.165) is 17.4 Å². The molecule has 0 aromatic heterocycles. The molecule has 0 bridgehead atoms. The summed E-state index contributed by atoms with van der Waals surface area (Å²) >= 11 is 0. The number of aryl methyl sites for hydroxylation is 1. The van der Waals surface area contributed by atoms with E-state index in [-0.39, 0.29) is 16.9 Å². The topological polar surface area (TPSA) is 40.5 Å². The van der Waals surface area contributed by atoms with Crippen LogP contribution in [0.3, 0.4) is 0 Å². The summed E-state index contributed by atoms with van der Waals surface area (Å²) in [7, 11) is 0. The van der Waals surface area contributed by atoms with Gasteiger partial charge >= 0.3 is 6.92 Å². The summed E-state index contributed by atoms with van der Waals surface area (Å²) < 4.78 is 14.5. The van der Waals surface area contributed by atoms with Gasteiger partial charge in [0.2, 0.25) is 0 Å². The highest BCUT2D eigenvalue weighted by molar-refractivity contribution is 6.68. The molecule has 0 saturated carbocycles. The van der Waals surface area contributed by atoms with E-state index in [1.54, 1.807) is 11.0 Å². The molecule has 2 aliphatic heterocycles. The van der Waals surface area contributed by atoms with Crippen molar-refractivity contribution < 1.29 is 14.2 Å². The second-order valence-electron chi connectivity index (χ2n) is 8.44. The van der Waals surface area contributed by atoms with Gasteiger partial charge in [-0.05, 0) is 53.2 Å². The summed E-state index contributed by atoms with van der Waals surface area (Å²) in [6, 6.07) is 3.02. The van der Waals surface area contributed by atoms with E-state index < -0.39 is 12.7 Å². The molecule has 1 fully saturated rings. The summed E-state index contributed by atoms with van der Waals surface area (Å²) in [5.74, 6) is 0.186. The molecule has 1 saturated heterocycles. The molecule has 0 radical (unpaired) electrons. The smallest absolute Gasteiger partial charge is 0.324 e. The molecule has 2 atom stereocenters. The number of carbonyl (C=O) groups excluding carboxylic acids is 1. The Labute approximate surface area is 144 Å². The molecule has 3 rings (SSSR count). The lowest BCUT2D eigenvalue weighted by Crippen LogP contribution is -2.34. The van der Waals surface area contributed by atoms with Crippen molar-refractivity contribution in [3.05, 3.63) is 29.1 Å². The number of rotatable bonds is 2. The van der Waals surface area contributed by atoms with Crippen molar-refractivity contribution >= 4 is 18.3 Å². The van der Waals surface area contributed by atoms with Gasteiger partial charge in [-0.2, -0.15) is 0 Å². The zero-order valence-corrected chi connectivity index (χ0v) is 15.1. The minimum atomic E-state index is -0.573. The minimum Gasteiger partial charge on any atom is -0.446 e. The van der Waals surface area contributed by atoms with Crippen LogP contribution < -0.4 is 5.46 Å². The van der Waals surface area contributed by atoms with Crippen molar-refractivity contribution in [2.24, 2.45) is 17.3 Å². The molecule has 0 aliphatic carbocycles. The maximum atomic E-state index is 14.5. The molecule has 1 aromatic carbocycles. The molecule has 1 aromatic rings. The number of likely N-dealkylation sites (tertiary alicyclic amines) is 1. The highest BCUT2D eigenvalue weighted by Gasteiger charge is 2.41. The van der Waals surface area contributed by atoms with Crippen LogP contribution in [0.5, 0.6) is 0 Å². The van der Waals surface area contributed by atoms with Crippen LogP contribution in [0.15, 0.2) is 12.1 Å². The summed E-state index contributed by atoms with van der Waals surface area (Å²) in [6.07, 6.45) is 2.31. The van der Waals surface area contributed by atoms with E-state index in [4.69, 9.17) is 0 Å². The summed E-state index contributed by atoms with van der Waals surface area (Å²) in [6.45, 7) is 9.58. The predicted molar refractivity (Wildman–Crippen MR) is 95.1 cm³/mol. The number of nitrogens with zero attached hydrogens (tertiary/aromatic N) is 1. The maximum absolute atomic E-state index is 14.5. The van der Waals surface area contributed by atoms with Crippen LogP contribution in [0.25, 0.3) is 0 Å². The van der Waals surface area contributed by atoms with Crippen LogP contribution in [0.2, 0.25) is 6.32 Å². The average Bonchev–Trinajstić information content (AvgIpc) is 3.10. The van der Waals surface area contributed by atoms with Gasteiger partial charge in [0.15, 0.2) is 0 Å². The Kier molecular flexibility index (Phi) is 4.50. The van der Waals surface area contributed by atoms with Gasteiger partial charge in [-0.3, -0.25) is 4.79 Å². The van der Waals surface area contributed by atoms with Crippen molar-refractivity contribution in [2.45, 2.75) is 46.9 Å². The SMILES string of the molecule is CCC1CN(C(=O)c2cc3c(cc2F)CCB3O)CC1C(C)(C)C. The van der Waals surface area contributed by atoms with Crippen molar-refractivity contribution in [1.82, 2.24) is 4.90 Å². The van der Waals surface area contributed by atoms with Crippen LogP contribution in [-0.4, -0.2) is 35.8 Å². The maximum Gasteiger partial charge on any atom is 0.324 e. The molecular formula is C19H27BFNO2. The van der Waals surface area contributed by atoms with Gasteiger partial charge in [-0.1, -0.05) is 34.1 Å². The summed E-state index contributed by atoms with van der Waals surface area (Å²) in [5, 5.41) is 10.0. The molecule has 130 valence electrons. The lowest BCUT2D eigenvalue weighted by atomic mass is 9.63. The molecule has 0 spiro atoms. The molecule has 2 aliphatic rings. The third kappa shape index (κ3) is 2.99. The first-order valence-corrected chi connectivity index (χ1v) is 9.02. The Bertz CT molecular complexity index is 656. The van der Waals surface area contributed by atoms with Crippen LogP contribution in [0.4, 0.5) is 4.39 Å². The van der Waals surface area contributed by atoms with E-state index in [9.17, 15) is 14.2 Å². The van der Waals surface area contributed by atoms with Crippen LogP contribution in [-0.2, 0) is 6.42 Å². The van der Waals surface area contributed by atoms with Crippen molar-refractivity contribution in [1.29, 1.82) is 0 Å². The molecule has 24 heavy (non-hydrogen) atoms. The van der Waals surface area contributed by atoms with Gasteiger partial charge in [-0.15, -0.1) is 0 Å². The minimum absolute atomic E-state index is 0.110. The first-order valence-electron chi connectivity index (χ1n) is 9.02. The Hall–Kier alpha value is -1.36. The van der Waals surface area contributed by atoms with Gasteiger partial charge in [0.1, 0.15) is 5.82 Å². The quantitative estimate of drug-likeness (QED) is 0.847. The number of fused-ring (bicyclic) bond motifs is 1. The van der Waals surface area contributed by atoms with Gasteiger partial charge in [0.25, 0.3) is 5.91 Å². The standard InChI is InChI=1S/C19H27BFNO2/c1-5-12-10-22(11-15(12)19(2,3)4)18(23)14-9-16-13(8-17(14)21)6-7-20(16)24/h8-9,12,15,24H,5-7,10-11H2,1-4H3. The third-order valence-corrected chi connectivity index (χ3v) is 5.87. The Morgan fingerprint density at radius 3 is 2.67 bits per heavy atom. The molecule has 2 unspecified atom stereocenters. The first kappa shape index (κ1) is 17.5. The van der Waals surface area contributed by atoms with Crippen molar-refractivity contribution in [2.75, 3.05) is 13.1 Å². The van der Waals surface area contributed by atoms with E-state index in [0.29, 0.717) is 37.7 Å². The predicted octanol–water partition coefficient (Wildman–Crippen LogP) is 2.72. The van der Waals surface area contributed by atoms with E-state index in [2.05, 4.69) is 27.7 Å². The van der Waals surface area contributed by atoms with Gasteiger partial charge < -0.3 is 9.92 Å². The molecule has 2 heterocycles. The Balaban J connectivity index is 1.87. The number of benzene rings is 1. The second kappa shape index (κ2) is 6.18. The van der Waals surface area contributed by atoms with Crippen LogP contribution >= 0.6 is 0 Å². The van der Waals surface area contributed by atoms with E-state index in [1.165, 1.54) is 6.07 Å². The van der Waals surface area contributed by atoms with E-state index >= 15 is 0 Å². The lowest BCUT2D eigenvalue weighted by Gasteiger charge is -2.30. The van der Waals surface area contributed by atoms with E-state index in [1.807, 2.05) is 0 Å². The molecular weight excluding hydrogens is 304 g/mol. The van der Waals surface area contributed by atoms with Crippen molar-refractivity contribution in [3.63, 3.8) is 0 Å². The number of hydrogen-bond acceptors (Lipinski definition) is 2. The zero-order valence-electron chi connectivity index (χ0n) is 15.1. The van der Waals surface area contributed by atoms with Crippen molar-refractivity contribution in [3.8, 4) is 0 Å². The van der Waals surface area contributed by atoms with Gasteiger partial charge in [0, 0.05) is 13.1 Å². The Morgan fingerprint density at radius 2 is 2.08 bits per heavy atom. The first-order chi connectivity index (χ1) is 11.2. The highest BCUT2D eigenvalue weighted by Crippen LogP contribution is 2.39. The number of halogens is 1. The zero-order chi connectivity index (χ0) is 17.6. The Morgan fingerprint density at radius 1 is 1.38 bits per heavy atom. The van der Waals surface area contributed by atoms with Gasteiger partial charge in [0.05, 0.1) is 5.56 Å². The fourth-order valence-corrected chi connectivity index (χ4v) is 4.37. The fraction of sp³-hybridized carbons (Fsp3) is 0.632. The fourth-order valence-electron chi connectivity index (χ4n) is 4.37. The normalized spacial score (nSPS) is 23.8. The average molecular weight is 331 g/mol. The monoisotopic (exact) mass is 331 g/mol. The van der Waals surface area contributed by atoms with Crippen LogP contribution in [0, 0.1) is 23.1 Å². The second-order valence-corrected chi connectivity index (χ2v) is 8.44. The number of carbonyl (C=O) groups is 1. The molecule has 1 amide bonds. The summed E-state index contributed by atoms with van der Waals surface area (Å²) in [4.78, 5) is 14.7. The summed E-state index contributed by atoms with van der Waals surface area (Å²) in [5.41, 5.74) is 1.79. The third-order valence-electron chi connectivity index (χ3n) is 5.87. The molecule has 3 nitrogen and oxygen atoms in total. The molecule has 1 N–H and O–H groups in total. The number of hydrogen-bond donors (Lipinski definition) is 1. The van der Waals surface area contributed by atoms with Gasteiger partial charge in [-0.25, -0.2) is 4.39 Å². The lowest BCUT2D eigenvalue weighted by molar-refractivity contribution is 0.0771. The van der Waals surface area contributed by atoms with Crippen LogP contribution in [0.1, 0.15) is 50.0 Å². The molecule has 5 heteroatoms. The highest BCUT2D eigenvalue weighted by atomic mass is 19.1. The number of amides is 1. The largest absolute Gasteiger partial charge is 0.446 e.